The third-order valence-corrected chi connectivity index (χ3v) is 25.5. The summed E-state index contributed by atoms with van der Waals surface area (Å²) in [5.41, 5.74) is 7.86. The minimum absolute atomic E-state index is 0.0116. The summed E-state index contributed by atoms with van der Waals surface area (Å²) in [6.45, 7) is 12.0. The number of allylic oxidation sites excluding steroid dienone is 3. The van der Waals surface area contributed by atoms with E-state index in [1.54, 1.807) is 83.3 Å². The van der Waals surface area contributed by atoms with Gasteiger partial charge in [0.1, 0.15) is 89.1 Å². The van der Waals surface area contributed by atoms with Gasteiger partial charge in [-0.3, -0.25) is 67.1 Å². The lowest BCUT2D eigenvalue weighted by Gasteiger charge is -2.30. The molecule has 10 rings (SSSR count). The third kappa shape index (κ3) is 29.8. The van der Waals surface area contributed by atoms with Crippen LogP contribution in [-0.2, 0) is 81.6 Å². The molecule has 2 fully saturated rings. The molecule has 708 valence electrons. The number of primary amides is 1. The number of phenols is 1. The van der Waals surface area contributed by atoms with E-state index in [0.717, 1.165) is 16.4 Å². The summed E-state index contributed by atoms with van der Waals surface area (Å²) >= 11 is 1.91. The molecule has 3 unspecified atom stereocenters. The van der Waals surface area contributed by atoms with Gasteiger partial charge in [-0.25, -0.2) is 19.6 Å². The van der Waals surface area contributed by atoms with Gasteiger partial charge in [0.15, 0.2) is 5.43 Å². The van der Waals surface area contributed by atoms with Crippen molar-refractivity contribution in [3.8, 4) is 28.2 Å². The molecule has 3 aromatic carbocycles. The standard InChI is InChI=1S/C49H74IN11O13S2.C40H37N7O9/c1-8-25(6)40(48(73)54-31(41(51)66)11-23(2)3)60-45(70)34(15-28-18-52-22-53-28)56-46(71)36-21-76-75-20-26(7)49(74)61-19-29(62)16-37(61)47(72)58-33(14-27-9-10-38(63)30(50)13-27)43(68)57-35(17-39(64)65)44(69)55-32(12-24(4)5)42(67)59-36;1-41-37(51)31(21-34-42-15-16-43-34)47-38(52)30(17-22-5-3-2-4-6-22)46-35(50)13-14-44-40(55)45-23-7-10-26(29(18-23)39(53)54)36-27-11-8-24(48)19-32(27)56-33-20-25(49)9-12-28(33)36/h10,13,18,22-27,29,31-37,40,62-63H,8-9,11-12,14-17,19-21H2,1-7H3,(H2,51,66)(H,52,53)(H,54,73)(H,55,69)(H,56,71)(H,57,68)(H,58,72)(H,59,67)(H,60,70)(H,64,65);2-12,15-16,18-20,30-31,48H,13-14,17,21H2,1H3,(H,41,51)(H,42,43)(H,46,50)(H,47,52)(H,53,54)(H2,44,45,55)/t25?,26-,27?,29?,31-,32-,33-,34-,35-,36-,37-,40-;30-,31-/m00/s1. The summed E-state index contributed by atoms with van der Waals surface area (Å²) in [4.78, 5) is 230. The number of phenolic OH excluding ortho intramolecular Hbond substituents is 1. The summed E-state index contributed by atoms with van der Waals surface area (Å²) in [6.07, 6.45) is 7.59. The first-order valence-corrected chi connectivity index (χ1v) is 46.4. The molecule has 0 spiro atoms. The van der Waals surface area contributed by atoms with Gasteiger partial charge in [0.25, 0.3) is 0 Å². The number of carbonyl (C=O) groups excluding carboxylic acids is 13. The molecule has 2 saturated heterocycles. The van der Waals surface area contributed by atoms with Crippen LogP contribution in [0.1, 0.15) is 127 Å². The van der Waals surface area contributed by atoms with Crippen LogP contribution < -0.4 is 75.0 Å². The first-order chi connectivity index (χ1) is 62.8. The van der Waals surface area contributed by atoms with E-state index in [1.165, 1.54) is 90.0 Å². The van der Waals surface area contributed by atoms with Gasteiger partial charge in [0.05, 0.1) is 28.0 Å². The van der Waals surface area contributed by atoms with Gasteiger partial charge in [-0.15, -0.1) is 0 Å². The lowest BCUT2D eigenvalue weighted by molar-refractivity contribution is -0.142. The van der Waals surface area contributed by atoms with E-state index in [9.17, 15) is 102 Å². The van der Waals surface area contributed by atoms with Crippen molar-refractivity contribution in [1.82, 2.24) is 83.3 Å². The quantitative estimate of drug-likeness (QED) is 0.0157. The number of aromatic carboxylic acids is 1. The number of rotatable bonds is 33. The molecule has 5 aliphatic rings. The average Bonchev–Trinajstić information content (AvgIpc) is 0.990. The van der Waals surface area contributed by atoms with E-state index in [4.69, 9.17) is 10.2 Å². The minimum Gasteiger partial charge on any atom is -0.508 e. The number of carboxylic acids is 2. The number of aliphatic carboxylic acids is 1. The molecule has 5 aromatic rings. The summed E-state index contributed by atoms with van der Waals surface area (Å²) in [7, 11) is 3.71. The highest BCUT2D eigenvalue weighted by atomic mass is 127. The normalized spacial score (nSPS) is 20.1. The van der Waals surface area contributed by atoms with Gasteiger partial charge in [-0.05, 0) is 126 Å². The molecule has 40 nitrogen and oxygen atoms in total. The zero-order valence-electron chi connectivity index (χ0n) is 73.7. The van der Waals surface area contributed by atoms with Gasteiger partial charge in [-0.1, -0.05) is 119 Å². The zero-order chi connectivity index (χ0) is 96.3. The Bertz CT molecular complexity index is 5410. The highest BCUT2D eigenvalue weighted by Crippen LogP contribution is 2.43. The highest BCUT2D eigenvalue weighted by molar-refractivity contribution is 14.1. The van der Waals surface area contributed by atoms with Gasteiger partial charge in [0, 0.05) is 128 Å². The van der Waals surface area contributed by atoms with Crippen LogP contribution in [0.4, 0.5) is 10.5 Å². The Labute approximate surface area is 780 Å². The number of urea groups is 1. The highest BCUT2D eigenvalue weighted by Gasteiger charge is 2.44. The molecule has 0 bridgehead atoms. The number of fused-ring (bicyclic) bond motifs is 3. The summed E-state index contributed by atoms with van der Waals surface area (Å²) < 4.78 is 6.35. The van der Waals surface area contributed by atoms with E-state index in [-0.39, 0.29) is 139 Å². The molecule has 5 heterocycles. The molecule has 14 amide bonds. The summed E-state index contributed by atoms with van der Waals surface area (Å²) in [5.74, 6) is -13.0. The first kappa shape index (κ1) is 103. The second kappa shape index (κ2) is 48.8. The molecule has 132 heavy (non-hydrogen) atoms. The largest absolute Gasteiger partial charge is 0.508 e. The molecule has 2 aromatic heterocycles. The number of anilines is 1. The number of aromatic nitrogens is 4. The van der Waals surface area contributed by atoms with Crippen LogP contribution in [0.5, 0.6) is 5.75 Å². The van der Waals surface area contributed by atoms with E-state index in [2.05, 4.69) is 83.7 Å². The smallest absolute Gasteiger partial charge is 0.336 e. The van der Waals surface area contributed by atoms with Gasteiger partial charge in [-0.2, -0.15) is 0 Å². The predicted octanol–water partition coefficient (Wildman–Crippen LogP) is 4.01. The topological polar surface area (TPSA) is 618 Å². The molecule has 2 aliphatic carbocycles. The number of imidazole rings is 2. The molecule has 0 saturated carbocycles. The number of nitrogens with zero attached hydrogens (tertiary/aromatic N) is 3. The fourth-order valence-electron chi connectivity index (χ4n) is 14.9. The van der Waals surface area contributed by atoms with E-state index in [1.807, 2.05) is 42.5 Å². The number of halogens is 1. The third-order valence-electron chi connectivity index (χ3n) is 21.9. The minimum atomic E-state index is -1.80. The Morgan fingerprint density at radius 1 is 0.712 bits per heavy atom. The van der Waals surface area contributed by atoms with Gasteiger partial charge >= 0.3 is 18.0 Å². The maximum atomic E-state index is 14.6. The predicted molar refractivity (Wildman–Crippen MR) is 497 cm³/mol. The fourth-order valence-corrected chi connectivity index (χ4v) is 18.2. The number of aliphatic hydroxyl groups excluding tert-OH is 2. The summed E-state index contributed by atoms with van der Waals surface area (Å²) in [5, 5.41) is 83.3. The number of amides is 14. The van der Waals surface area contributed by atoms with Crippen molar-refractivity contribution < 1.29 is 102 Å². The van der Waals surface area contributed by atoms with Crippen LogP contribution in [-0.4, -0.2) is 237 Å². The van der Waals surface area contributed by atoms with Crippen LogP contribution in [0.2, 0.25) is 0 Å². The maximum absolute atomic E-state index is 14.6. The fraction of sp³-hybridized carbons (Fsp3) is 0.438. The number of nitrogens with two attached hydrogens (primary N) is 1. The van der Waals surface area contributed by atoms with Crippen molar-refractivity contribution in [2.75, 3.05) is 37.0 Å². The molecular formula is C89H111IN18O22S2. The van der Waals surface area contributed by atoms with Crippen molar-refractivity contribution >= 4 is 150 Å². The number of carboxylic acid groups (broad SMARTS) is 2. The molecule has 21 N–H and O–H groups in total. The van der Waals surface area contributed by atoms with Crippen molar-refractivity contribution in [2.45, 2.75) is 186 Å². The maximum Gasteiger partial charge on any atom is 0.336 e. The van der Waals surface area contributed by atoms with E-state index < -0.39 is 180 Å². The van der Waals surface area contributed by atoms with Crippen molar-refractivity contribution in [3.05, 3.63) is 164 Å². The number of nitrogens with one attached hydrogen (secondary N) is 14. The number of carbonyl (C=O) groups is 15. The summed E-state index contributed by atoms with van der Waals surface area (Å²) in [6, 6.07) is 8.14. The molecule has 14 atom stereocenters. The number of aliphatic hydroxyl groups is 2. The zero-order valence-corrected chi connectivity index (χ0v) is 77.5. The van der Waals surface area contributed by atoms with Crippen molar-refractivity contribution in [3.63, 3.8) is 0 Å². The number of benzene rings is 4. The Morgan fingerprint density at radius 2 is 1.39 bits per heavy atom. The first-order valence-electron chi connectivity index (χ1n) is 42.8. The van der Waals surface area contributed by atoms with Crippen LogP contribution >= 0.6 is 44.2 Å². The number of aromatic hydroxyl groups is 1. The molecule has 43 heteroatoms. The SMILES string of the molecule is CCC(C)[C@H](NC(=O)[C@H](Cc1cnc[nH]1)NC(=O)[C@@H]1CSSC[C@H](C)C(=O)N2CC(O)C[C@H]2C(=O)N[C@@H](CC2C=C(I)C(O)=CC2)C(=O)N[C@@H](CC(=O)O)C(=O)N[C@@H](CC(C)C)C(=O)N1)C(=O)N[C@@H](CC(C)C)C(N)=O.CNC(=O)[C@H](Cc1ncc[nH]1)NC(=O)[C@H](Cc1ccccc1)NC(=O)CCNC(=O)Nc1ccc(-c2c3ccc(=O)cc-3oc3cc(O)ccc23)c(C(=O)O)c1. The number of hydrogen-bond acceptors (Lipinski definition) is 24. The number of hydrogen-bond donors (Lipinski definition) is 20. The number of likely N-dealkylation sites (N-methyl/N-ethyl adjacent to an activating group) is 1. The lowest BCUT2D eigenvalue weighted by atomic mass is 9.90. The second-order valence-electron chi connectivity index (χ2n) is 33.2. The lowest BCUT2D eigenvalue weighted by Crippen LogP contribution is -2.61. The molecule has 0 radical (unpaired) electrons. The van der Waals surface area contributed by atoms with Gasteiger partial charge in [0.2, 0.25) is 70.9 Å². The Kier molecular flexibility index (Phi) is 38.0. The molecular weight excluding hydrogens is 1860 g/mol. The van der Waals surface area contributed by atoms with Crippen molar-refractivity contribution in [2.24, 2.45) is 35.3 Å². The van der Waals surface area contributed by atoms with Crippen LogP contribution in [0.25, 0.3) is 33.4 Å². The van der Waals surface area contributed by atoms with E-state index in [0.29, 0.717) is 38.0 Å². The Balaban J connectivity index is 0.000000310. The number of aromatic amines is 2. The number of H-pyrrole nitrogens is 2. The average molecular weight is 1980 g/mol. The van der Waals surface area contributed by atoms with Crippen LogP contribution in [0, 0.1) is 29.6 Å². The van der Waals surface area contributed by atoms with Gasteiger partial charge < -0.3 is 114 Å². The van der Waals surface area contributed by atoms with Crippen molar-refractivity contribution in [1.29, 1.82) is 0 Å². The Morgan fingerprint density at radius 3 is 2.05 bits per heavy atom. The molecule has 3 aliphatic heterocycles. The Hall–Kier alpha value is -12.9. The monoisotopic (exact) mass is 1970 g/mol. The van der Waals surface area contributed by atoms with Crippen LogP contribution in [0.3, 0.4) is 0 Å². The van der Waals surface area contributed by atoms with E-state index >= 15 is 0 Å². The van der Waals surface area contributed by atoms with Crippen LogP contribution in [0.15, 0.2) is 141 Å². The second-order valence-corrected chi connectivity index (χ2v) is 36.9.